The van der Waals surface area contributed by atoms with Gasteiger partial charge in [0.25, 0.3) is 0 Å². The molecule has 0 radical (unpaired) electrons. The van der Waals surface area contributed by atoms with Gasteiger partial charge >= 0.3 is 11.9 Å². The van der Waals surface area contributed by atoms with Gasteiger partial charge in [0.2, 0.25) is 70.9 Å². The molecule has 580 valence electrons. The first kappa shape index (κ1) is 83.7. The number of likely N-dealkylation sites (tertiary alicyclic amines) is 2. The highest BCUT2D eigenvalue weighted by atomic mass is 32.2. The Hall–Kier alpha value is -10.6. The number of primary amides is 1. The maximum absolute atomic E-state index is 15.5. The lowest BCUT2D eigenvalue weighted by molar-refractivity contribution is -0.150. The second kappa shape index (κ2) is 39.1. The quantitative estimate of drug-likeness (QED) is 0.0241. The predicted molar refractivity (Wildman–Crippen MR) is 394 cm³/mol. The highest BCUT2D eigenvalue weighted by Gasteiger charge is 2.46. The number of carbonyl (C=O) groups excluding carboxylic acids is 12. The lowest BCUT2D eigenvalue weighted by Crippen LogP contribution is -2.62. The normalized spacial score (nSPS) is 17.4. The molecular formula is C73H99N15O18S. The standard InChI is InChI=1S/C73H99N15O18S/c1-37(2)28-51(65(97)84-55(34-60(92)93)71(103)88-26-13-19-58(88)72(104)87-25-12-18-57(87)69(101)85-56(73(105)106)29-38(3)4)80-67(99)53(31-42-35-76-48-16-10-8-14-45(42)48)82-68(100)54(32-43-36-77-49-17-11-9-15-46(43)49)81-66(98)52(30-41-20-22-44(90)23-21-41)83-70(102)61(40(6)89)86-64(96)50(24-27-107-7)79-62(94)39(5)78-63(95)47(74)33-59(75)91/h8-11,14-17,20-23,35-40,47,50-58,61,76-77,89-90H,12-13,18-19,24-34,74H2,1-7H3,(H2,75,91)(H,78,95)(H,79,94)(H,80,99)(H,81,98)(H,82,100)(H,83,102)(H,84,97)(H,85,101)(H,86,96)(H,92,93)(H,105,106)/t39-,40+,47-,50-,51-,52-,53-,54-,55-,56-,57-,58-,61-/m0/s1. The molecular weight excluding hydrogens is 1410 g/mol. The van der Waals surface area contributed by atoms with Gasteiger partial charge in [-0.25, -0.2) is 4.79 Å². The van der Waals surface area contributed by atoms with E-state index in [-0.39, 0.29) is 88.5 Å². The molecule has 0 bridgehead atoms. The SMILES string of the molecule is CSCC[C@H](NC(=O)[C@H](C)NC(=O)[C@@H](N)CC(N)=O)C(=O)N[C@H](C(=O)N[C@@H](Cc1ccc(O)cc1)C(=O)N[C@@H](Cc1c[nH]c2ccccc12)C(=O)N[C@@H](Cc1c[nH]c2ccccc12)C(=O)N[C@@H](CC(C)C)C(=O)N[C@@H](CC(=O)O)C(=O)N1CCC[C@H]1C(=O)N1CCC[C@H]1C(=O)N[C@@H](CC(C)C)C(=O)O)[C@@H](C)O. The van der Waals surface area contributed by atoms with E-state index in [0.29, 0.717) is 50.7 Å². The summed E-state index contributed by atoms with van der Waals surface area (Å²) in [6.07, 6.45) is 1.96. The van der Waals surface area contributed by atoms with Crippen LogP contribution in [0.3, 0.4) is 0 Å². The lowest BCUT2D eigenvalue weighted by atomic mass is 9.99. The number of phenolic OH excluding ortho intramolecular Hbond substituents is 1. The first-order chi connectivity index (χ1) is 50.7. The highest BCUT2D eigenvalue weighted by molar-refractivity contribution is 7.98. The van der Waals surface area contributed by atoms with Crippen LogP contribution >= 0.6 is 11.8 Å². The van der Waals surface area contributed by atoms with Crippen molar-refractivity contribution in [3.63, 3.8) is 0 Å². The van der Waals surface area contributed by atoms with Crippen molar-refractivity contribution < 1.29 is 87.5 Å². The minimum absolute atomic E-state index is 0.0203. The number of aromatic nitrogens is 2. The number of hydrogen-bond acceptors (Lipinski definition) is 18. The number of hydrogen-bond donors (Lipinski definition) is 17. The fraction of sp³-hybridized carbons (Fsp3) is 0.507. The first-order valence-corrected chi connectivity index (χ1v) is 37.0. The summed E-state index contributed by atoms with van der Waals surface area (Å²) in [4.78, 5) is 203. The number of aliphatic hydroxyl groups excluding tert-OH is 1. The van der Waals surface area contributed by atoms with E-state index in [0.717, 1.165) is 4.90 Å². The molecule has 0 aliphatic carbocycles. The molecule has 12 amide bonds. The van der Waals surface area contributed by atoms with Gasteiger partial charge in [0.15, 0.2) is 0 Å². The maximum Gasteiger partial charge on any atom is 0.326 e. The Morgan fingerprint density at radius 3 is 1.53 bits per heavy atom. The molecule has 0 spiro atoms. The molecule has 13 atom stereocenters. The second-order valence-corrected chi connectivity index (χ2v) is 29.0. The zero-order valence-corrected chi connectivity index (χ0v) is 61.6. The molecule has 2 fully saturated rings. The molecule has 2 aliphatic heterocycles. The number of carbonyl (C=O) groups is 14. The molecule has 107 heavy (non-hydrogen) atoms. The number of aliphatic hydroxyl groups is 1. The van der Waals surface area contributed by atoms with Crippen LogP contribution in [0.4, 0.5) is 0 Å². The second-order valence-electron chi connectivity index (χ2n) is 28.0. The van der Waals surface area contributed by atoms with Crippen molar-refractivity contribution in [2.75, 3.05) is 25.1 Å². The Kier molecular flexibility index (Phi) is 30.6. The van der Waals surface area contributed by atoms with Gasteiger partial charge in [-0.3, -0.25) is 62.3 Å². The molecule has 19 N–H and O–H groups in total. The van der Waals surface area contributed by atoms with Crippen molar-refractivity contribution >= 4 is 116 Å². The summed E-state index contributed by atoms with van der Waals surface area (Å²) < 4.78 is 0. The Morgan fingerprint density at radius 1 is 0.533 bits per heavy atom. The van der Waals surface area contributed by atoms with Crippen LogP contribution in [0.5, 0.6) is 5.75 Å². The number of carboxylic acid groups (broad SMARTS) is 2. The van der Waals surface area contributed by atoms with Gasteiger partial charge in [0.1, 0.15) is 72.2 Å². The van der Waals surface area contributed by atoms with E-state index >= 15 is 14.4 Å². The van der Waals surface area contributed by atoms with E-state index in [2.05, 4.69) is 57.8 Å². The average Bonchev–Trinajstić information content (AvgIpc) is 1.69. The minimum Gasteiger partial charge on any atom is -0.508 e. The van der Waals surface area contributed by atoms with E-state index in [9.17, 15) is 73.2 Å². The van der Waals surface area contributed by atoms with Crippen LogP contribution in [0.15, 0.2) is 85.2 Å². The van der Waals surface area contributed by atoms with Crippen LogP contribution in [0.1, 0.15) is 116 Å². The van der Waals surface area contributed by atoms with E-state index in [1.165, 1.54) is 54.8 Å². The van der Waals surface area contributed by atoms with Crippen LogP contribution in [-0.4, -0.2) is 227 Å². The maximum atomic E-state index is 15.5. The number of nitrogens with two attached hydrogens (primary N) is 2. The third kappa shape index (κ3) is 23.7. The number of nitrogens with one attached hydrogen (secondary N) is 11. The summed E-state index contributed by atoms with van der Waals surface area (Å²) in [7, 11) is 0. The summed E-state index contributed by atoms with van der Waals surface area (Å²) >= 11 is 1.31. The molecule has 34 heteroatoms. The lowest BCUT2D eigenvalue weighted by Gasteiger charge is -2.33. The third-order valence-electron chi connectivity index (χ3n) is 18.6. The molecule has 2 aromatic heterocycles. The number of aromatic hydroxyl groups is 1. The van der Waals surface area contributed by atoms with E-state index in [4.69, 9.17) is 11.5 Å². The summed E-state index contributed by atoms with van der Waals surface area (Å²) in [5.74, 6) is -13.9. The van der Waals surface area contributed by atoms with Crippen LogP contribution in [0.2, 0.25) is 0 Å². The molecule has 4 heterocycles. The molecule has 33 nitrogen and oxygen atoms in total. The van der Waals surface area contributed by atoms with E-state index in [1.807, 2.05) is 0 Å². The molecule has 3 aromatic carbocycles. The fourth-order valence-electron chi connectivity index (χ4n) is 13.1. The number of benzene rings is 3. The number of para-hydroxylation sites is 2. The molecule has 7 rings (SSSR count). The number of thioether (sulfide) groups is 1. The number of carboxylic acids is 2. The topological polar surface area (TPSA) is 518 Å². The zero-order chi connectivity index (χ0) is 78.5. The van der Waals surface area contributed by atoms with Gasteiger partial charge < -0.3 is 99.5 Å². The van der Waals surface area contributed by atoms with Gasteiger partial charge in [-0.15, -0.1) is 0 Å². The number of phenols is 1. The van der Waals surface area contributed by atoms with Gasteiger partial charge in [-0.2, -0.15) is 11.8 Å². The third-order valence-corrected chi connectivity index (χ3v) is 19.2. The molecule has 2 aliphatic rings. The number of aromatic amines is 2. The number of fused-ring (bicyclic) bond motifs is 2. The average molecular weight is 1510 g/mol. The van der Waals surface area contributed by atoms with Crippen LogP contribution in [-0.2, 0) is 86.4 Å². The van der Waals surface area contributed by atoms with Crippen molar-refractivity contribution in [3.05, 3.63) is 102 Å². The number of aliphatic carboxylic acids is 2. The Morgan fingerprint density at radius 2 is 1.01 bits per heavy atom. The van der Waals surface area contributed by atoms with E-state index in [1.54, 1.807) is 94.9 Å². The smallest absolute Gasteiger partial charge is 0.326 e. The fourth-order valence-corrected chi connectivity index (χ4v) is 13.5. The molecule has 0 unspecified atom stereocenters. The van der Waals surface area contributed by atoms with Gasteiger partial charge in [0, 0.05) is 66.6 Å². The van der Waals surface area contributed by atoms with Crippen molar-refractivity contribution in [2.24, 2.45) is 23.3 Å². The Labute approximate surface area is 622 Å². The summed E-state index contributed by atoms with van der Waals surface area (Å²) in [6, 6.07) is 2.18. The summed E-state index contributed by atoms with van der Waals surface area (Å²) in [5.41, 5.74) is 13.6. The van der Waals surface area contributed by atoms with Gasteiger partial charge in [-0.05, 0) is 124 Å². The molecule has 5 aromatic rings. The number of amides is 12. The summed E-state index contributed by atoms with van der Waals surface area (Å²) in [6.45, 7) is 9.63. The molecule has 2 saturated heterocycles. The Balaban J connectivity index is 1.17. The molecule has 0 saturated carbocycles. The number of nitrogens with zero attached hydrogens (tertiary/aromatic N) is 2. The highest BCUT2D eigenvalue weighted by Crippen LogP contribution is 2.28. The van der Waals surface area contributed by atoms with Crippen molar-refractivity contribution in [3.8, 4) is 5.75 Å². The van der Waals surface area contributed by atoms with Crippen LogP contribution in [0.25, 0.3) is 21.8 Å². The van der Waals surface area contributed by atoms with Gasteiger partial charge in [-0.1, -0.05) is 76.2 Å². The predicted octanol–water partition coefficient (Wildman–Crippen LogP) is -0.264. The van der Waals surface area contributed by atoms with Crippen molar-refractivity contribution in [2.45, 2.75) is 197 Å². The largest absolute Gasteiger partial charge is 0.508 e. The Bertz CT molecular complexity index is 4030. The summed E-state index contributed by atoms with van der Waals surface area (Å²) in [5, 5.41) is 66.2. The van der Waals surface area contributed by atoms with Gasteiger partial charge in [0.05, 0.1) is 25.0 Å². The monoisotopic (exact) mass is 1510 g/mol. The van der Waals surface area contributed by atoms with Crippen LogP contribution in [0, 0.1) is 11.8 Å². The van der Waals surface area contributed by atoms with Crippen LogP contribution < -0.4 is 59.3 Å². The zero-order valence-electron chi connectivity index (χ0n) is 60.8. The first-order valence-electron chi connectivity index (χ1n) is 35.6. The number of H-pyrrole nitrogens is 2. The minimum atomic E-state index is -1.82. The van der Waals surface area contributed by atoms with Crippen molar-refractivity contribution in [1.29, 1.82) is 0 Å². The number of rotatable bonds is 39. The van der Waals surface area contributed by atoms with Crippen molar-refractivity contribution in [1.82, 2.24) is 67.6 Å². The van der Waals surface area contributed by atoms with E-state index < -0.39 is 174 Å².